The van der Waals surface area contributed by atoms with Gasteiger partial charge in [0, 0.05) is 19.9 Å². The monoisotopic (exact) mass is 344 g/mol. The van der Waals surface area contributed by atoms with E-state index in [2.05, 4.69) is 16.5 Å². The van der Waals surface area contributed by atoms with E-state index in [4.69, 9.17) is 9.47 Å². The molecule has 2 rings (SSSR count). The molecular weight excluding hydrogens is 320 g/mol. The van der Waals surface area contributed by atoms with E-state index in [1.54, 1.807) is 18.3 Å². The van der Waals surface area contributed by atoms with Crippen LogP contribution in [0.1, 0.15) is 54.1 Å². The lowest BCUT2D eigenvalue weighted by atomic mass is 10.1. The Hall–Kier alpha value is -2.63. The van der Waals surface area contributed by atoms with E-state index in [9.17, 15) is 9.59 Å². The fourth-order valence-corrected chi connectivity index (χ4v) is 2.52. The van der Waals surface area contributed by atoms with Crippen LogP contribution in [0.3, 0.4) is 0 Å². The van der Waals surface area contributed by atoms with Crippen LogP contribution in [0.5, 0.6) is 0 Å². The van der Waals surface area contributed by atoms with Gasteiger partial charge in [0.15, 0.2) is 0 Å². The quantitative estimate of drug-likeness (QED) is 0.688. The van der Waals surface area contributed by atoms with Crippen molar-refractivity contribution in [3.05, 3.63) is 53.1 Å². The predicted octanol–water partition coefficient (Wildman–Crippen LogP) is 3.12. The average Bonchev–Trinajstić information content (AvgIpc) is 2.99. The molecule has 1 aromatic carbocycles. The summed E-state index contributed by atoms with van der Waals surface area (Å²) in [4.78, 5) is 27.1. The number of rotatable bonds is 8. The molecule has 0 bridgehead atoms. The summed E-state index contributed by atoms with van der Waals surface area (Å²) in [6, 6.07) is 7.28. The zero-order valence-corrected chi connectivity index (χ0v) is 14.9. The van der Waals surface area contributed by atoms with Crippen LogP contribution in [0.25, 0.3) is 0 Å². The van der Waals surface area contributed by atoms with Gasteiger partial charge in [-0.05, 0) is 24.1 Å². The van der Waals surface area contributed by atoms with E-state index in [1.807, 2.05) is 12.1 Å². The third-order valence-corrected chi connectivity index (χ3v) is 3.91. The first-order valence-electron chi connectivity index (χ1n) is 8.39. The minimum atomic E-state index is -0.353. The Morgan fingerprint density at radius 3 is 2.52 bits per heavy atom. The molecule has 134 valence electrons. The predicted molar refractivity (Wildman–Crippen MR) is 93.2 cm³/mol. The molecule has 6 nitrogen and oxygen atoms in total. The highest BCUT2D eigenvalue weighted by atomic mass is 16.5. The Bertz CT molecular complexity index is 720. The number of ether oxygens (including phenoxy) is 2. The van der Waals surface area contributed by atoms with Gasteiger partial charge in [-0.25, -0.2) is 9.78 Å². The summed E-state index contributed by atoms with van der Waals surface area (Å²) < 4.78 is 11.9. The van der Waals surface area contributed by atoms with Gasteiger partial charge >= 0.3 is 11.9 Å². The first-order valence-corrected chi connectivity index (χ1v) is 8.39. The maximum absolute atomic E-state index is 11.5. The number of nitrogens with zero attached hydrogens (tertiary/aromatic N) is 2. The molecule has 0 aliphatic rings. The number of carbonyl (C=O) groups excluding carboxylic acids is 2. The van der Waals surface area contributed by atoms with E-state index in [0.717, 1.165) is 36.3 Å². The molecule has 0 saturated heterocycles. The number of aromatic nitrogens is 2. The van der Waals surface area contributed by atoms with Crippen LogP contribution < -0.4 is 0 Å². The minimum Gasteiger partial charge on any atom is -0.465 e. The van der Waals surface area contributed by atoms with E-state index in [0.29, 0.717) is 12.1 Å². The van der Waals surface area contributed by atoms with Crippen molar-refractivity contribution < 1.29 is 19.1 Å². The number of carbonyl (C=O) groups is 2. The van der Waals surface area contributed by atoms with Gasteiger partial charge in [0.05, 0.1) is 24.6 Å². The molecule has 0 fully saturated rings. The van der Waals surface area contributed by atoms with E-state index in [-0.39, 0.29) is 18.5 Å². The van der Waals surface area contributed by atoms with Gasteiger partial charge in [0.2, 0.25) is 0 Å². The van der Waals surface area contributed by atoms with Crippen LogP contribution in [-0.4, -0.2) is 28.6 Å². The van der Waals surface area contributed by atoms with Crippen LogP contribution in [-0.2, 0) is 33.8 Å². The highest BCUT2D eigenvalue weighted by Gasteiger charge is 2.12. The molecule has 6 heteroatoms. The number of hydrogen-bond acceptors (Lipinski definition) is 5. The Kier molecular flexibility index (Phi) is 6.74. The van der Waals surface area contributed by atoms with E-state index < -0.39 is 0 Å². The second-order valence-corrected chi connectivity index (χ2v) is 5.82. The number of aryl methyl sites for hydroxylation is 1. The summed E-state index contributed by atoms with van der Waals surface area (Å²) in [5.74, 6) is 0.305. The summed E-state index contributed by atoms with van der Waals surface area (Å²) in [5, 5.41) is 0. The molecule has 0 atom stereocenters. The van der Waals surface area contributed by atoms with Crippen LogP contribution in [0, 0.1) is 0 Å². The molecule has 25 heavy (non-hydrogen) atoms. The molecule has 2 aromatic rings. The standard InChI is InChI=1S/C19H24N2O4/c1-4-5-6-18-20-11-17(13-25-14(2)22)21(18)12-15-7-9-16(10-8-15)19(23)24-3/h7-11H,4-6,12-13H2,1-3H3. The van der Waals surface area contributed by atoms with Gasteiger partial charge in [-0.1, -0.05) is 25.5 Å². The number of hydrogen-bond donors (Lipinski definition) is 0. The second kappa shape index (κ2) is 9.01. The fraction of sp³-hybridized carbons (Fsp3) is 0.421. The van der Waals surface area contributed by atoms with Crippen molar-refractivity contribution in [1.82, 2.24) is 9.55 Å². The van der Waals surface area contributed by atoms with Crippen molar-refractivity contribution in [1.29, 1.82) is 0 Å². The molecule has 0 N–H and O–H groups in total. The molecule has 0 radical (unpaired) electrons. The largest absolute Gasteiger partial charge is 0.465 e. The summed E-state index contributed by atoms with van der Waals surface area (Å²) in [5.41, 5.74) is 2.41. The summed E-state index contributed by atoms with van der Waals surface area (Å²) in [6.07, 6.45) is 4.76. The van der Waals surface area contributed by atoms with Crippen molar-refractivity contribution in [3.63, 3.8) is 0 Å². The van der Waals surface area contributed by atoms with Crippen molar-refractivity contribution in [3.8, 4) is 0 Å². The first kappa shape index (κ1) is 18.7. The van der Waals surface area contributed by atoms with E-state index in [1.165, 1.54) is 14.0 Å². The molecule has 0 amide bonds. The molecule has 0 unspecified atom stereocenters. The Balaban J connectivity index is 2.21. The smallest absolute Gasteiger partial charge is 0.337 e. The zero-order valence-electron chi connectivity index (χ0n) is 14.9. The van der Waals surface area contributed by atoms with Gasteiger partial charge < -0.3 is 14.0 Å². The molecule has 0 aliphatic heterocycles. The molecule has 0 aliphatic carbocycles. The first-order chi connectivity index (χ1) is 12.0. The lowest BCUT2D eigenvalue weighted by molar-refractivity contribution is -0.142. The van der Waals surface area contributed by atoms with Gasteiger partial charge in [-0.3, -0.25) is 4.79 Å². The third-order valence-electron chi connectivity index (χ3n) is 3.91. The number of unbranched alkanes of at least 4 members (excludes halogenated alkanes) is 1. The zero-order chi connectivity index (χ0) is 18.2. The number of esters is 2. The normalized spacial score (nSPS) is 10.5. The summed E-state index contributed by atoms with van der Waals surface area (Å²) in [7, 11) is 1.36. The summed E-state index contributed by atoms with van der Waals surface area (Å²) >= 11 is 0. The average molecular weight is 344 g/mol. The van der Waals surface area contributed by atoms with Crippen LogP contribution in [0.15, 0.2) is 30.5 Å². The van der Waals surface area contributed by atoms with Crippen molar-refractivity contribution in [2.24, 2.45) is 0 Å². The highest BCUT2D eigenvalue weighted by molar-refractivity contribution is 5.89. The minimum absolute atomic E-state index is 0.203. The van der Waals surface area contributed by atoms with E-state index >= 15 is 0 Å². The molecule has 0 spiro atoms. The van der Waals surface area contributed by atoms with Crippen LogP contribution >= 0.6 is 0 Å². The summed E-state index contributed by atoms with van der Waals surface area (Å²) in [6.45, 7) is 4.34. The molecule has 1 heterocycles. The van der Waals surface area contributed by atoms with Crippen LogP contribution in [0.4, 0.5) is 0 Å². The molecular formula is C19H24N2O4. The van der Waals surface area contributed by atoms with Crippen molar-refractivity contribution in [2.75, 3.05) is 7.11 Å². The lowest BCUT2D eigenvalue weighted by Gasteiger charge is -2.12. The third kappa shape index (κ3) is 5.17. The fourth-order valence-electron chi connectivity index (χ4n) is 2.52. The highest BCUT2D eigenvalue weighted by Crippen LogP contribution is 2.15. The van der Waals surface area contributed by atoms with Crippen LogP contribution in [0.2, 0.25) is 0 Å². The number of imidazole rings is 1. The number of benzene rings is 1. The number of methoxy groups -OCH3 is 1. The SMILES string of the molecule is CCCCc1ncc(COC(C)=O)n1Cc1ccc(C(=O)OC)cc1. The lowest BCUT2D eigenvalue weighted by Crippen LogP contribution is -2.11. The Morgan fingerprint density at radius 2 is 1.92 bits per heavy atom. The van der Waals surface area contributed by atoms with Gasteiger partial charge in [-0.15, -0.1) is 0 Å². The maximum Gasteiger partial charge on any atom is 0.337 e. The van der Waals surface area contributed by atoms with Crippen molar-refractivity contribution >= 4 is 11.9 Å². The Morgan fingerprint density at radius 1 is 1.20 bits per heavy atom. The second-order valence-electron chi connectivity index (χ2n) is 5.82. The van der Waals surface area contributed by atoms with Gasteiger partial charge in [-0.2, -0.15) is 0 Å². The Labute approximate surface area is 147 Å². The van der Waals surface area contributed by atoms with Gasteiger partial charge in [0.25, 0.3) is 0 Å². The van der Waals surface area contributed by atoms with Gasteiger partial charge in [0.1, 0.15) is 12.4 Å². The topological polar surface area (TPSA) is 70.4 Å². The maximum atomic E-state index is 11.5. The molecule has 0 saturated carbocycles. The van der Waals surface area contributed by atoms with Crippen molar-refractivity contribution in [2.45, 2.75) is 46.3 Å². The molecule has 1 aromatic heterocycles.